The molecule has 1 unspecified atom stereocenters. The van der Waals surface area contributed by atoms with E-state index >= 15 is 0 Å². The normalized spacial score (nSPS) is 23.6. The standard InChI is InChI=1S/C4H8BOP/c5-7(6)4-2-1-3-4/h4-5H,1-3H2. The molecule has 0 aromatic rings. The summed E-state index contributed by atoms with van der Waals surface area (Å²) in [4.78, 5) is 0. The zero-order chi connectivity index (χ0) is 5.28. The first kappa shape index (κ1) is 5.30. The molecule has 0 aromatic heterocycles. The van der Waals surface area contributed by atoms with Crippen molar-refractivity contribution in [3.05, 3.63) is 0 Å². The quantitative estimate of drug-likeness (QED) is 0.369. The van der Waals surface area contributed by atoms with Crippen molar-refractivity contribution in [1.29, 1.82) is 0 Å². The van der Waals surface area contributed by atoms with Crippen LogP contribution in [0.15, 0.2) is 0 Å². The summed E-state index contributed by atoms with van der Waals surface area (Å²) in [5.74, 6) is 0. The average Bonchev–Trinajstić information content (AvgIpc) is 1.23. The van der Waals surface area contributed by atoms with Crippen LogP contribution in [0.2, 0.25) is 0 Å². The summed E-state index contributed by atoms with van der Waals surface area (Å²) < 4.78 is 10.5. The van der Waals surface area contributed by atoms with Crippen molar-refractivity contribution in [1.82, 2.24) is 0 Å². The van der Waals surface area contributed by atoms with Crippen LogP contribution >= 0.6 is 7.29 Å². The van der Waals surface area contributed by atoms with Gasteiger partial charge in [-0.25, -0.2) is 0 Å². The Morgan fingerprint density at radius 3 is 2.14 bits per heavy atom. The molecular weight excluding hydrogens is 106 g/mol. The Bertz CT molecular complexity index is 118. The molecule has 3 heteroatoms. The molecule has 0 radical (unpaired) electrons. The molecule has 0 amide bonds. The van der Waals surface area contributed by atoms with Crippen LogP contribution in [0.1, 0.15) is 19.3 Å². The van der Waals surface area contributed by atoms with Gasteiger partial charge in [-0.3, -0.25) is 0 Å². The van der Waals surface area contributed by atoms with Gasteiger partial charge in [-0.1, -0.05) is 0 Å². The van der Waals surface area contributed by atoms with Crippen LogP contribution in [0.25, 0.3) is 0 Å². The minimum atomic E-state index is -1.07. The Kier molecular flexibility index (Phi) is 1.48. The molecule has 0 saturated heterocycles. The third-order valence-corrected chi connectivity index (χ3v) is 2.81. The third kappa shape index (κ3) is 1.03. The molecule has 0 N–H and O–H groups in total. The second-order valence-electron chi connectivity index (χ2n) is 2.00. The van der Waals surface area contributed by atoms with Crippen LogP contribution in [0, 0.1) is 0 Å². The summed E-state index contributed by atoms with van der Waals surface area (Å²) >= 11 is 0. The first-order valence-corrected chi connectivity index (χ1v) is 4.09. The number of hydrogen-bond donors (Lipinski definition) is 0. The van der Waals surface area contributed by atoms with Gasteiger partial charge >= 0.3 is 44.0 Å². The molecule has 1 saturated carbocycles. The van der Waals surface area contributed by atoms with Gasteiger partial charge in [0.2, 0.25) is 0 Å². The fourth-order valence-electron chi connectivity index (χ4n) is 0.675. The van der Waals surface area contributed by atoms with Gasteiger partial charge in [-0.15, -0.1) is 0 Å². The Morgan fingerprint density at radius 2 is 2.14 bits per heavy atom. The van der Waals surface area contributed by atoms with E-state index in [1.807, 2.05) is 0 Å². The van der Waals surface area contributed by atoms with Crippen molar-refractivity contribution in [3.8, 4) is 0 Å². The summed E-state index contributed by atoms with van der Waals surface area (Å²) in [6.07, 6.45) is 3.57. The number of hydrogen-bond acceptors (Lipinski definition) is 1. The molecule has 1 nitrogen and oxygen atoms in total. The molecule has 0 spiro atoms. The van der Waals surface area contributed by atoms with Crippen LogP contribution in [0.4, 0.5) is 0 Å². The Morgan fingerprint density at radius 1 is 1.57 bits per heavy atom. The van der Waals surface area contributed by atoms with E-state index in [9.17, 15) is 4.57 Å². The van der Waals surface area contributed by atoms with E-state index in [1.165, 1.54) is 6.42 Å². The van der Waals surface area contributed by atoms with Crippen molar-refractivity contribution in [2.45, 2.75) is 24.9 Å². The summed E-state index contributed by atoms with van der Waals surface area (Å²) in [7, 11) is 2.39. The summed E-state index contributed by atoms with van der Waals surface area (Å²) in [6, 6.07) is 0. The van der Waals surface area contributed by atoms with Crippen LogP contribution < -0.4 is 0 Å². The zero-order valence-electron chi connectivity index (χ0n) is 4.26. The Labute approximate surface area is 44.9 Å². The molecule has 1 rings (SSSR count). The third-order valence-electron chi connectivity index (χ3n) is 1.48. The van der Waals surface area contributed by atoms with Crippen molar-refractivity contribution in [2.75, 3.05) is 0 Å². The summed E-state index contributed by atoms with van der Waals surface area (Å²) in [5, 5.41) is 0. The molecule has 7 heavy (non-hydrogen) atoms. The van der Waals surface area contributed by atoms with Gasteiger partial charge in [0.05, 0.1) is 0 Å². The van der Waals surface area contributed by atoms with E-state index in [0.717, 1.165) is 12.8 Å². The molecule has 0 aliphatic heterocycles. The maximum absolute atomic E-state index is 10.5. The van der Waals surface area contributed by atoms with Crippen LogP contribution in [-0.2, 0) is 4.57 Å². The van der Waals surface area contributed by atoms with Gasteiger partial charge in [0, 0.05) is 0 Å². The monoisotopic (exact) mass is 114 g/mol. The minimum absolute atomic E-state index is 0.481. The molecular formula is C4H8BOP. The van der Waals surface area contributed by atoms with E-state index in [-0.39, 0.29) is 0 Å². The maximum atomic E-state index is 10.5. The molecule has 0 aromatic carbocycles. The predicted molar refractivity (Wildman–Crippen MR) is 32.4 cm³/mol. The SMILES string of the molecule is B=P(=O)C1CCC1. The fraction of sp³-hybridized carbons (Fsp3) is 1.00. The average molecular weight is 114 g/mol. The van der Waals surface area contributed by atoms with Crippen molar-refractivity contribution >= 4 is 14.5 Å². The summed E-state index contributed by atoms with van der Waals surface area (Å²) in [6.45, 7) is 0. The van der Waals surface area contributed by atoms with Gasteiger partial charge in [-0.2, -0.15) is 0 Å². The van der Waals surface area contributed by atoms with Gasteiger partial charge in [-0.05, 0) is 0 Å². The van der Waals surface area contributed by atoms with Gasteiger partial charge < -0.3 is 0 Å². The molecule has 38 valence electrons. The van der Waals surface area contributed by atoms with E-state index in [0.29, 0.717) is 5.66 Å². The second-order valence-corrected chi connectivity index (χ2v) is 3.57. The van der Waals surface area contributed by atoms with Gasteiger partial charge in [0.25, 0.3) is 0 Å². The molecule has 1 fully saturated rings. The predicted octanol–water partition coefficient (Wildman–Crippen LogP) is 1.18. The molecule has 0 heterocycles. The van der Waals surface area contributed by atoms with Crippen molar-refractivity contribution in [2.24, 2.45) is 0 Å². The van der Waals surface area contributed by atoms with E-state index in [4.69, 9.17) is 0 Å². The molecule has 1 aliphatic carbocycles. The Hall–Kier alpha value is 0.165. The molecule has 1 aliphatic rings. The molecule has 1 atom stereocenters. The summed E-state index contributed by atoms with van der Waals surface area (Å²) in [5.41, 5.74) is 0.481. The van der Waals surface area contributed by atoms with Gasteiger partial charge in [0.15, 0.2) is 0 Å². The second kappa shape index (κ2) is 1.96. The van der Waals surface area contributed by atoms with Crippen LogP contribution in [0.5, 0.6) is 0 Å². The van der Waals surface area contributed by atoms with Crippen LogP contribution in [0.3, 0.4) is 0 Å². The molecule has 0 bridgehead atoms. The van der Waals surface area contributed by atoms with Gasteiger partial charge in [0.1, 0.15) is 0 Å². The van der Waals surface area contributed by atoms with Crippen molar-refractivity contribution < 1.29 is 4.57 Å². The Balaban J connectivity index is 2.41. The zero-order valence-corrected chi connectivity index (χ0v) is 5.16. The van der Waals surface area contributed by atoms with Crippen molar-refractivity contribution in [3.63, 3.8) is 0 Å². The topological polar surface area (TPSA) is 17.1 Å². The van der Waals surface area contributed by atoms with Crippen LogP contribution in [-0.4, -0.2) is 12.8 Å². The fourth-order valence-corrected chi connectivity index (χ4v) is 1.62. The van der Waals surface area contributed by atoms with E-state index < -0.39 is 7.29 Å². The first-order chi connectivity index (χ1) is 3.30. The van der Waals surface area contributed by atoms with E-state index in [2.05, 4.69) is 7.18 Å². The first-order valence-electron chi connectivity index (χ1n) is 2.57. The number of rotatable bonds is 1. The van der Waals surface area contributed by atoms with E-state index in [1.54, 1.807) is 0 Å².